The van der Waals surface area contributed by atoms with E-state index in [1.165, 1.54) is 18.2 Å². The van der Waals surface area contributed by atoms with E-state index in [0.29, 0.717) is 43.5 Å². The third-order valence-corrected chi connectivity index (χ3v) is 6.98. The van der Waals surface area contributed by atoms with Gasteiger partial charge in [-0.2, -0.15) is 4.72 Å². The maximum atomic E-state index is 12.1. The first-order valence-corrected chi connectivity index (χ1v) is 12.7. The number of aliphatic hydroxyl groups excluding tert-OH is 1. The summed E-state index contributed by atoms with van der Waals surface area (Å²) in [5, 5.41) is 31.9. The van der Waals surface area contributed by atoms with Gasteiger partial charge in [0, 0.05) is 19.6 Å². The van der Waals surface area contributed by atoms with Gasteiger partial charge < -0.3 is 25.4 Å². The van der Waals surface area contributed by atoms with Crippen LogP contribution in [-0.4, -0.2) is 62.2 Å². The molecule has 0 radical (unpaired) electrons. The minimum absolute atomic E-state index is 0.0850. The fraction of sp³-hybridized carbons (Fsp3) is 0.391. The van der Waals surface area contributed by atoms with Crippen molar-refractivity contribution >= 4 is 28.5 Å². The van der Waals surface area contributed by atoms with E-state index in [1.807, 2.05) is 0 Å². The Bertz CT molecular complexity index is 1040. The van der Waals surface area contributed by atoms with Crippen LogP contribution in [0.3, 0.4) is 0 Å². The molecule has 192 valence electrons. The molecule has 35 heavy (non-hydrogen) atoms. The number of aliphatic hydroxyl groups is 1. The summed E-state index contributed by atoms with van der Waals surface area (Å²) in [6.45, 7) is 1.07. The van der Waals surface area contributed by atoms with Crippen LogP contribution in [0.4, 0.5) is 5.69 Å². The van der Waals surface area contributed by atoms with Crippen LogP contribution in [-0.2, 0) is 22.6 Å². The van der Waals surface area contributed by atoms with Crippen LogP contribution in [0.1, 0.15) is 40.7 Å². The molecule has 2 aromatic carbocycles. The quantitative estimate of drug-likeness (QED) is 0.211. The number of phenols is 1. The number of unbranched alkanes of at least 4 members (excludes halogenated alkanes) is 1. The lowest BCUT2D eigenvalue weighted by molar-refractivity contribution is -0.121. The highest BCUT2D eigenvalue weighted by molar-refractivity contribution is 8.24. The number of hydrogen-bond acceptors (Lipinski definition) is 9. The third kappa shape index (κ3) is 7.56. The topological polar surface area (TPSA) is 172 Å². The smallest absolute Gasteiger partial charge is 0.336 e. The Hall–Kier alpha value is -2.87. The Morgan fingerprint density at radius 3 is 2.63 bits per heavy atom. The van der Waals surface area contributed by atoms with Gasteiger partial charge in [0.25, 0.3) is 0 Å². The number of benzene rings is 2. The lowest BCUT2D eigenvalue weighted by Gasteiger charge is -2.36. The molecule has 7 N–H and O–H groups in total. The van der Waals surface area contributed by atoms with Gasteiger partial charge in [0.1, 0.15) is 17.7 Å². The average molecular weight is 510 g/mol. The van der Waals surface area contributed by atoms with Crippen molar-refractivity contribution in [1.82, 2.24) is 10.0 Å². The van der Waals surface area contributed by atoms with E-state index in [2.05, 4.69) is 10.0 Å². The normalized spacial score (nSPS) is 17.8. The number of carbonyl (C=O) groups is 2. The zero-order valence-electron chi connectivity index (χ0n) is 19.1. The molecule has 0 aliphatic carbocycles. The van der Waals surface area contributed by atoms with Crippen LogP contribution in [0.2, 0.25) is 0 Å². The molecule has 11 nitrogen and oxygen atoms in total. The van der Waals surface area contributed by atoms with Crippen molar-refractivity contribution in [1.29, 1.82) is 0 Å². The van der Waals surface area contributed by atoms with Crippen LogP contribution < -0.4 is 14.3 Å². The van der Waals surface area contributed by atoms with E-state index in [0.717, 1.165) is 4.31 Å². The Kier molecular flexibility index (Phi) is 9.32. The van der Waals surface area contributed by atoms with E-state index in [-0.39, 0.29) is 42.5 Å². The molecule has 0 saturated carbocycles. The molecule has 1 fully saturated rings. The summed E-state index contributed by atoms with van der Waals surface area (Å²) in [5.41, 5.74) is 1.73. The number of phenolic OH excluding ortho intramolecular Hbond substituents is 1. The molecule has 1 aliphatic rings. The lowest BCUT2D eigenvalue weighted by Crippen LogP contribution is -2.25. The molecule has 1 unspecified atom stereocenters. The molecule has 0 aromatic heterocycles. The number of aryl methyl sites for hydroxylation is 1. The van der Waals surface area contributed by atoms with Crippen molar-refractivity contribution in [3.63, 3.8) is 0 Å². The van der Waals surface area contributed by atoms with Gasteiger partial charge in [-0.3, -0.25) is 18.2 Å². The second-order valence-corrected chi connectivity index (χ2v) is 9.82. The van der Waals surface area contributed by atoms with Gasteiger partial charge >= 0.3 is 5.97 Å². The molecule has 1 aliphatic heterocycles. The molecule has 2 aromatic rings. The SMILES string of the molecule is O=C(CCc1ccc(N2CC(O)NS2(O)O)c(O)c1)NCCCCOCc1ccccc1C(=O)O. The predicted molar refractivity (Wildman–Crippen MR) is 131 cm³/mol. The summed E-state index contributed by atoms with van der Waals surface area (Å²) < 4.78 is 28.9. The van der Waals surface area contributed by atoms with Crippen LogP contribution in [0.5, 0.6) is 5.75 Å². The molecule has 1 heterocycles. The number of aromatic hydroxyl groups is 1. The fourth-order valence-corrected chi connectivity index (χ4v) is 5.00. The molecule has 0 bridgehead atoms. The van der Waals surface area contributed by atoms with E-state index >= 15 is 0 Å². The van der Waals surface area contributed by atoms with Gasteiger partial charge in [-0.15, -0.1) is 0 Å². The molecule has 1 amide bonds. The highest BCUT2D eigenvalue weighted by atomic mass is 32.3. The summed E-state index contributed by atoms with van der Waals surface area (Å²) in [7, 11) is -3.41. The van der Waals surface area contributed by atoms with Crippen molar-refractivity contribution < 1.29 is 38.8 Å². The standard InChI is InChI=1S/C23H31N3O8S/c27-20-13-16(7-9-19(20)26-14-22(29)25-35(26,32)33)8-10-21(28)24-11-3-4-12-34-15-17-5-1-2-6-18(17)23(30)31/h1-2,5-7,9,13,22,25,27,29,32-33H,3-4,8,10-12,14-15H2,(H,24,28)(H,30,31). The Labute approximate surface area is 205 Å². The van der Waals surface area contributed by atoms with Crippen molar-refractivity contribution in [2.45, 2.75) is 38.5 Å². The van der Waals surface area contributed by atoms with E-state index < -0.39 is 23.2 Å². The van der Waals surface area contributed by atoms with Crippen LogP contribution in [0.15, 0.2) is 42.5 Å². The zero-order valence-corrected chi connectivity index (χ0v) is 19.9. The Balaban J connectivity index is 1.32. The molecule has 3 rings (SSSR count). The first-order valence-electron chi connectivity index (χ1n) is 11.2. The number of rotatable bonds is 12. The number of carbonyl (C=O) groups excluding carboxylic acids is 1. The van der Waals surface area contributed by atoms with Crippen molar-refractivity contribution in [2.24, 2.45) is 0 Å². The summed E-state index contributed by atoms with van der Waals surface area (Å²) in [6.07, 6.45) is 0.917. The summed E-state index contributed by atoms with van der Waals surface area (Å²) in [4.78, 5) is 23.3. The van der Waals surface area contributed by atoms with E-state index in [4.69, 9.17) is 9.84 Å². The second-order valence-electron chi connectivity index (χ2n) is 8.11. The number of carboxylic acids is 1. The first-order chi connectivity index (χ1) is 16.7. The van der Waals surface area contributed by atoms with Crippen molar-refractivity contribution in [2.75, 3.05) is 24.0 Å². The highest BCUT2D eigenvalue weighted by Gasteiger charge is 2.36. The molecule has 12 heteroatoms. The minimum Gasteiger partial charge on any atom is -0.506 e. The largest absolute Gasteiger partial charge is 0.506 e. The third-order valence-electron chi connectivity index (χ3n) is 5.43. The van der Waals surface area contributed by atoms with Crippen molar-refractivity contribution in [3.05, 3.63) is 59.2 Å². The summed E-state index contributed by atoms with van der Waals surface area (Å²) >= 11 is 0. The van der Waals surface area contributed by atoms with E-state index in [9.17, 15) is 28.9 Å². The van der Waals surface area contributed by atoms with Gasteiger partial charge in [-0.1, -0.05) is 35.2 Å². The second kappa shape index (κ2) is 12.2. The molecular weight excluding hydrogens is 478 g/mol. The number of ether oxygens (including phenoxy) is 1. The number of aromatic carboxylic acids is 1. The summed E-state index contributed by atoms with van der Waals surface area (Å²) in [6, 6.07) is 11.4. The first kappa shape index (κ1) is 26.7. The highest BCUT2D eigenvalue weighted by Crippen LogP contribution is 2.49. The number of nitrogens with one attached hydrogen (secondary N) is 2. The number of hydrogen-bond donors (Lipinski definition) is 7. The maximum absolute atomic E-state index is 12.1. The molecule has 0 spiro atoms. The zero-order chi connectivity index (χ0) is 25.4. The number of anilines is 1. The minimum atomic E-state index is -3.41. The Morgan fingerprint density at radius 2 is 1.94 bits per heavy atom. The maximum Gasteiger partial charge on any atom is 0.336 e. The van der Waals surface area contributed by atoms with Crippen LogP contribution in [0, 0.1) is 0 Å². The number of β-amino-alcohol motifs (C(OH)–C–C–N with tert-alkyl or cyclic N) is 1. The van der Waals surface area contributed by atoms with Gasteiger partial charge in [-0.05, 0) is 48.6 Å². The monoisotopic (exact) mass is 509 g/mol. The molecule has 1 atom stereocenters. The summed E-state index contributed by atoms with van der Waals surface area (Å²) in [5.74, 6) is -1.30. The molecule has 1 saturated heterocycles. The van der Waals surface area contributed by atoms with Crippen LogP contribution in [0.25, 0.3) is 0 Å². The number of amides is 1. The number of nitrogens with zero attached hydrogens (tertiary/aromatic N) is 1. The van der Waals surface area contributed by atoms with Crippen LogP contribution >= 0.6 is 11.0 Å². The van der Waals surface area contributed by atoms with Crippen molar-refractivity contribution in [3.8, 4) is 5.75 Å². The predicted octanol–water partition coefficient (Wildman–Crippen LogP) is 2.44. The van der Waals surface area contributed by atoms with E-state index in [1.54, 1.807) is 24.3 Å². The lowest BCUT2D eigenvalue weighted by atomic mass is 10.1. The van der Waals surface area contributed by atoms with Gasteiger partial charge in [0.2, 0.25) is 5.91 Å². The van der Waals surface area contributed by atoms with Gasteiger partial charge in [0.15, 0.2) is 0 Å². The van der Waals surface area contributed by atoms with Gasteiger partial charge in [0.05, 0.1) is 18.7 Å². The molecular formula is C23H31N3O8S. The van der Waals surface area contributed by atoms with Gasteiger partial charge in [-0.25, -0.2) is 4.79 Å². The Morgan fingerprint density at radius 1 is 1.17 bits per heavy atom. The number of carboxylic acid groups (broad SMARTS) is 1. The fourth-order valence-electron chi connectivity index (χ4n) is 3.66. The average Bonchev–Trinajstić information content (AvgIpc) is 3.08.